The van der Waals surface area contributed by atoms with Crippen LogP contribution in [0.5, 0.6) is 0 Å². The van der Waals surface area contributed by atoms with E-state index in [0.29, 0.717) is 13.1 Å². The third-order valence-corrected chi connectivity index (χ3v) is 6.08. The highest BCUT2D eigenvalue weighted by Crippen LogP contribution is 2.15. The molecule has 0 aliphatic carbocycles. The van der Waals surface area contributed by atoms with Gasteiger partial charge in [-0.3, -0.25) is 14.5 Å². The van der Waals surface area contributed by atoms with E-state index in [1.807, 2.05) is 12.2 Å². The molecule has 190 valence electrons. The van der Waals surface area contributed by atoms with Gasteiger partial charge >= 0.3 is 0 Å². The minimum absolute atomic E-state index is 0.0370. The zero-order chi connectivity index (χ0) is 24.3. The highest BCUT2D eigenvalue weighted by atomic mass is 16.6. The minimum atomic E-state index is -0.0370. The van der Waals surface area contributed by atoms with Crippen LogP contribution in [0.25, 0.3) is 0 Å². The molecule has 0 bridgehead atoms. The molecule has 1 fully saturated rings. The molecule has 1 heterocycles. The van der Waals surface area contributed by atoms with Gasteiger partial charge < -0.3 is 15.4 Å². The number of amides is 2. The maximum Gasteiger partial charge on any atom is 0.243 e. The van der Waals surface area contributed by atoms with E-state index in [0.717, 1.165) is 38.8 Å². The topological polar surface area (TPSA) is 74.0 Å². The highest BCUT2D eigenvalue weighted by molar-refractivity contribution is 5.87. The van der Waals surface area contributed by atoms with Crippen LogP contribution < -0.4 is 10.6 Å². The van der Waals surface area contributed by atoms with Crippen molar-refractivity contribution in [1.29, 1.82) is 0 Å². The first kappa shape index (κ1) is 29.4. The van der Waals surface area contributed by atoms with E-state index in [9.17, 15) is 9.59 Å². The van der Waals surface area contributed by atoms with Crippen LogP contribution in [0.15, 0.2) is 24.3 Å². The third kappa shape index (κ3) is 15.7. The first-order valence-electron chi connectivity index (χ1n) is 13.2. The Kier molecular flexibility index (Phi) is 16.7. The first-order chi connectivity index (χ1) is 16.0. The van der Waals surface area contributed by atoms with Gasteiger partial charge in [-0.15, -0.1) is 0 Å². The van der Waals surface area contributed by atoms with Crippen LogP contribution in [-0.2, 0) is 14.3 Å². The van der Waals surface area contributed by atoms with Gasteiger partial charge in [0.05, 0.1) is 12.7 Å². The number of nitrogens with zero attached hydrogens (tertiary/aromatic N) is 1. The lowest BCUT2D eigenvalue weighted by molar-refractivity contribution is -0.117. The van der Waals surface area contributed by atoms with Gasteiger partial charge in [0.25, 0.3) is 0 Å². The highest BCUT2D eigenvalue weighted by Gasteiger charge is 2.30. The fourth-order valence-corrected chi connectivity index (χ4v) is 3.81. The number of carbonyl (C=O) groups is 2. The van der Waals surface area contributed by atoms with Gasteiger partial charge in [-0.05, 0) is 51.7 Å². The zero-order valence-corrected chi connectivity index (χ0v) is 21.6. The quantitative estimate of drug-likeness (QED) is 0.155. The minimum Gasteiger partial charge on any atom is -0.372 e. The van der Waals surface area contributed by atoms with Crippen molar-refractivity contribution in [2.75, 3.05) is 26.2 Å². The first-order valence-corrected chi connectivity index (χ1v) is 13.2. The summed E-state index contributed by atoms with van der Waals surface area (Å²) in [4.78, 5) is 26.6. The van der Waals surface area contributed by atoms with Gasteiger partial charge in [-0.1, -0.05) is 64.5 Å². The number of epoxide rings is 1. The molecule has 1 rings (SSSR count). The second-order valence-electron chi connectivity index (χ2n) is 9.34. The Morgan fingerprint density at radius 3 is 1.70 bits per heavy atom. The average Bonchev–Trinajstić information content (AvgIpc) is 3.63. The van der Waals surface area contributed by atoms with E-state index < -0.39 is 0 Å². The van der Waals surface area contributed by atoms with Crippen LogP contribution >= 0.6 is 0 Å². The van der Waals surface area contributed by atoms with E-state index in [4.69, 9.17) is 4.74 Å². The van der Waals surface area contributed by atoms with Crippen molar-refractivity contribution in [3.8, 4) is 0 Å². The predicted molar refractivity (Wildman–Crippen MR) is 137 cm³/mol. The maximum atomic E-state index is 12.2. The van der Waals surface area contributed by atoms with E-state index in [1.165, 1.54) is 38.5 Å². The number of hydrogen-bond acceptors (Lipinski definition) is 4. The largest absolute Gasteiger partial charge is 0.372 e. The molecule has 3 atom stereocenters. The van der Waals surface area contributed by atoms with Crippen LogP contribution in [0, 0.1) is 0 Å². The van der Waals surface area contributed by atoms with Crippen LogP contribution in [0.3, 0.4) is 0 Å². The number of ether oxygens (including phenoxy) is 1. The molecule has 2 N–H and O–H groups in total. The smallest absolute Gasteiger partial charge is 0.243 e. The van der Waals surface area contributed by atoms with E-state index in [2.05, 4.69) is 43.2 Å². The summed E-state index contributed by atoms with van der Waals surface area (Å²) in [6.07, 6.45) is 19.1. The van der Waals surface area contributed by atoms with Crippen molar-refractivity contribution in [3.05, 3.63) is 24.3 Å². The van der Waals surface area contributed by atoms with Crippen molar-refractivity contribution in [3.63, 3.8) is 0 Å². The van der Waals surface area contributed by atoms with E-state index in [1.54, 1.807) is 12.2 Å². The number of hydrogen-bond donors (Lipinski definition) is 2. The predicted octanol–water partition coefficient (Wildman–Crippen LogP) is 4.75. The number of unbranched alkanes of at least 4 members (excludes halogenated alkanes) is 8. The van der Waals surface area contributed by atoms with Crippen molar-refractivity contribution >= 4 is 11.8 Å². The fraction of sp³-hybridized carbons (Fsp3) is 0.778. The lowest BCUT2D eigenvalue weighted by Crippen LogP contribution is -2.51. The molecule has 1 aliphatic rings. The molecular weight excluding hydrogens is 414 g/mol. The third-order valence-electron chi connectivity index (χ3n) is 6.08. The molecule has 6 heteroatoms. The van der Waals surface area contributed by atoms with Crippen molar-refractivity contribution < 1.29 is 14.3 Å². The molecule has 3 unspecified atom stereocenters. The lowest BCUT2D eigenvalue weighted by Gasteiger charge is -2.34. The van der Waals surface area contributed by atoms with Gasteiger partial charge in [0.2, 0.25) is 11.8 Å². The Bertz CT molecular complexity index is 543. The summed E-state index contributed by atoms with van der Waals surface area (Å²) >= 11 is 0. The van der Waals surface area contributed by atoms with Crippen LogP contribution in [-0.4, -0.2) is 61.1 Å². The summed E-state index contributed by atoms with van der Waals surface area (Å²) in [6.45, 7) is 11.4. The summed E-state index contributed by atoms with van der Waals surface area (Å²) in [6, 6.07) is 0.300. The molecule has 0 saturated carbocycles. The van der Waals surface area contributed by atoms with Crippen molar-refractivity contribution in [2.45, 2.75) is 110 Å². The molecule has 0 radical (unpaired) electrons. The van der Waals surface area contributed by atoms with Gasteiger partial charge in [0, 0.05) is 31.7 Å². The van der Waals surface area contributed by atoms with Crippen molar-refractivity contribution in [2.24, 2.45) is 0 Å². The average molecular weight is 464 g/mol. The Morgan fingerprint density at radius 1 is 0.848 bits per heavy atom. The van der Waals surface area contributed by atoms with Gasteiger partial charge in [-0.25, -0.2) is 0 Å². The molecule has 0 aromatic carbocycles. The molecule has 0 aromatic heterocycles. The molecule has 33 heavy (non-hydrogen) atoms. The SMILES string of the molecule is CCCCCC/C=C/C(=O)NCC(C)N(CC1CO1)C(C)CNC(=O)/C=C/CCCCCC. The zero-order valence-electron chi connectivity index (χ0n) is 21.6. The number of allylic oxidation sites excluding steroid dienone is 2. The molecule has 6 nitrogen and oxygen atoms in total. The van der Waals surface area contributed by atoms with Crippen LogP contribution in [0.2, 0.25) is 0 Å². The van der Waals surface area contributed by atoms with Gasteiger partial charge in [0.15, 0.2) is 0 Å². The molecular formula is C27H49N3O3. The standard InChI is InChI=1S/C27H49N3O3/c1-5-7-9-11-13-15-17-26(31)28-19-23(3)30(21-25-22-33-25)24(4)20-29-27(32)18-16-14-12-10-8-6-2/h15-18,23-25H,5-14,19-22H2,1-4H3,(H,28,31)(H,29,32)/b17-15+,18-16+. The Morgan fingerprint density at radius 2 is 1.30 bits per heavy atom. The second-order valence-corrected chi connectivity index (χ2v) is 9.34. The van der Waals surface area contributed by atoms with E-state index >= 15 is 0 Å². The second kappa shape index (κ2) is 18.7. The summed E-state index contributed by atoms with van der Waals surface area (Å²) in [5.41, 5.74) is 0. The van der Waals surface area contributed by atoms with E-state index in [-0.39, 0.29) is 30.0 Å². The summed E-state index contributed by atoms with van der Waals surface area (Å²) in [7, 11) is 0. The van der Waals surface area contributed by atoms with Crippen LogP contribution in [0.1, 0.15) is 91.9 Å². The summed E-state index contributed by atoms with van der Waals surface area (Å²) in [5.74, 6) is -0.0741. The maximum absolute atomic E-state index is 12.2. The monoisotopic (exact) mass is 463 g/mol. The molecule has 1 aliphatic heterocycles. The number of rotatable bonds is 20. The summed E-state index contributed by atoms with van der Waals surface area (Å²) in [5, 5.41) is 6.04. The normalized spacial score (nSPS) is 17.5. The fourth-order valence-electron chi connectivity index (χ4n) is 3.81. The van der Waals surface area contributed by atoms with Gasteiger partial charge in [-0.2, -0.15) is 0 Å². The lowest BCUT2D eigenvalue weighted by atomic mass is 10.1. The Labute approximate surface area is 202 Å². The Balaban J connectivity index is 2.36. The Hall–Kier alpha value is -1.66. The van der Waals surface area contributed by atoms with Gasteiger partial charge in [0.1, 0.15) is 0 Å². The molecule has 2 amide bonds. The number of carbonyl (C=O) groups excluding carboxylic acids is 2. The van der Waals surface area contributed by atoms with Crippen LogP contribution in [0.4, 0.5) is 0 Å². The van der Waals surface area contributed by atoms with Crippen molar-refractivity contribution in [1.82, 2.24) is 15.5 Å². The molecule has 1 saturated heterocycles. The number of nitrogens with one attached hydrogen (secondary N) is 2. The molecule has 0 aromatic rings. The summed E-state index contributed by atoms with van der Waals surface area (Å²) < 4.78 is 5.44. The molecule has 0 spiro atoms.